The first-order valence-electron chi connectivity index (χ1n) is 11.5. The summed E-state index contributed by atoms with van der Waals surface area (Å²) in [7, 11) is 1.34. The van der Waals surface area contributed by atoms with Crippen LogP contribution in [0.15, 0.2) is 54.6 Å². The third-order valence-corrected chi connectivity index (χ3v) is 6.72. The molecule has 0 spiro atoms. The molecule has 2 aromatic carbocycles. The molecule has 0 radical (unpaired) electrons. The number of hydrogen-bond donors (Lipinski definition) is 1. The topological polar surface area (TPSA) is 79.0 Å². The van der Waals surface area contributed by atoms with Crippen molar-refractivity contribution in [1.29, 1.82) is 0 Å². The van der Waals surface area contributed by atoms with E-state index in [-0.39, 0.29) is 17.9 Å². The van der Waals surface area contributed by atoms with E-state index in [1.165, 1.54) is 7.11 Å². The van der Waals surface area contributed by atoms with Crippen LogP contribution in [0.5, 0.6) is 0 Å². The van der Waals surface area contributed by atoms with Crippen LogP contribution >= 0.6 is 0 Å². The minimum absolute atomic E-state index is 0.00942. The molecule has 3 atom stereocenters. The Hall–Kier alpha value is -3.19. The lowest BCUT2D eigenvalue weighted by atomic mass is 10.0. The minimum atomic E-state index is -0.405. The summed E-state index contributed by atoms with van der Waals surface area (Å²) in [5.41, 5.74) is 2.17. The van der Waals surface area contributed by atoms with E-state index in [9.17, 15) is 14.4 Å². The Balaban J connectivity index is 1.29. The SMILES string of the molecule is COC(=O)c1ccc(C(=O)N2C[C@H]3CN(CC[C@H](NC(C)=O)c4ccccc4)C[C@H]3C2)cc1. The summed E-state index contributed by atoms with van der Waals surface area (Å²) in [5, 5.41) is 3.08. The van der Waals surface area contributed by atoms with Crippen molar-refractivity contribution in [2.75, 3.05) is 39.8 Å². The zero-order valence-electron chi connectivity index (χ0n) is 19.2. The van der Waals surface area contributed by atoms with E-state index < -0.39 is 5.97 Å². The number of hydrogen-bond acceptors (Lipinski definition) is 5. The first-order chi connectivity index (χ1) is 15.9. The summed E-state index contributed by atoms with van der Waals surface area (Å²) in [6, 6.07) is 16.8. The Bertz CT molecular complexity index is 978. The highest BCUT2D eigenvalue weighted by molar-refractivity contribution is 5.96. The Morgan fingerprint density at radius 1 is 0.939 bits per heavy atom. The molecule has 0 aliphatic carbocycles. The van der Waals surface area contributed by atoms with Crippen molar-refractivity contribution >= 4 is 17.8 Å². The predicted octanol–water partition coefficient (Wildman–Crippen LogP) is 2.74. The predicted molar refractivity (Wildman–Crippen MR) is 125 cm³/mol. The number of carbonyl (C=O) groups excluding carboxylic acids is 3. The van der Waals surface area contributed by atoms with Gasteiger partial charge in [0.1, 0.15) is 0 Å². The fraction of sp³-hybridized carbons (Fsp3) is 0.423. The molecule has 0 saturated carbocycles. The summed E-state index contributed by atoms with van der Waals surface area (Å²) < 4.78 is 4.72. The lowest BCUT2D eigenvalue weighted by Crippen LogP contribution is -2.35. The van der Waals surface area contributed by atoms with Crippen molar-refractivity contribution in [3.05, 3.63) is 71.3 Å². The normalized spacial score (nSPS) is 20.8. The number of nitrogens with zero attached hydrogens (tertiary/aromatic N) is 2. The third kappa shape index (κ3) is 5.42. The van der Waals surface area contributed by atoms with Gasteiger partial charge in [-0.15, -0.1) is 0 Å². The van der Waals surface area contributed by atoms with Crippen LogP contribution in [-0.2, 0) is 9.53 Å². The van der Waals surface area contributed by atoms with Gasteiger partial charge in [0.05, 0.1) is 18.7 Å². The summed E-state index contributed by atoms with van der Waals surface area (Å²) >= 11 is 0. The van der Waals surface area contributed by atoms with Crippen molar-refractivity contribution in [3.63, 3.8) is 0 Å². The highest BCUT2D eigenvalue weighted by Crippen LogP contribution is 2.32. The van der Waals surface area contributed by atoms with E-state index in [1.54, 1.807) is 31.2 Å². The van der Waals surface area contributed by atoms with Gasteiger partial charge in [-0.1, -0.05) is 30.3 Å². The highest BCUT2D eigenvalue weighted by Gasteiger charge is 2.41. The molecule has 2 fully saturated rings. The van der Waals surface area contributed by atoms with Crippen LogP contribution in [0.1, 0.15) is 45.7 Å². The van der Waals surface area contributed by atoms with Gasteiger partial charge in [-0.3, -0.25) is 9.59 Å². The van der Waals surface area contributed by atoms with Crippen molar-refractivity contribution in [3.8, 4) is 0 Å². The number of carbonyl (C=O) groups is 3. The number of ether oxygens (including phenoxy) is 1. The molecule has 33 heavy (non-hydrogen) atoms. The van der Waals surface area contributed by atoms with Gasteiger partial charge in [-0.05, 0) is 48.1 Å². The second-order valence-corrected chi connectivity index (χ2v) is 9.01. The fourth-order valence-electron chi connectivity index (χ4n) is 5.05. The van der Waals surface area contributed by atoms with Crippen LogP contribution in [-0.4, -0.2) is 67.4 Å². The van der Waals surface area contributed by atoms with Gasteiger partial charge in [0.25, 0.3) is 5.91 Å². The van der Waals surface area contributed by atoms with Gasteiger partial charge >= 0.3 is 5.97 Å². The fourth-order valence-corrected chi connectivity index (χ4v) is 5.05. The number of fused-ring (bicyclic) bond motifs is 1. The standard InChI is InChI=1S/C26H31N3O4/c1-18(30)27-24(19-6-4-3-5-7-19)12-13-28-14-22-16-29(17-23(22)15-28)25(31)20-8-10-21(11-9-20)26(32)33-2/h3-11,22-24H,12-17H2,1-2H3,(H,27,30)/t22-,23+,24-/m0/s1. The molecule has 0 bridgehead atoms. The van der Waals surface area contributed by atoms with Crippen LogP contribution in [0, 0.1) is 11.8 Å². The Morgan fingerprint density at radius 3 is 2.12 bits per heavy atom. The zero-order valence-corrected chi connectivity index (χ0v) is 19.2. The summed E-state index contributed by atoms with van der Waals surface area (Å²) in [6.07, 6.45) is 0.859. The average molecular weight is 450 g/mol. The summed E-state index contributed by atoms with van der Waals surface area (Å²) in [4.78, 5) is 40.6. The number of nitrogens with one attached hydrogen (secondary N) is 1. The van der Waals surface area contributed by atoms with Gasteiger partial charge in [0.2, 0.25) is 5.91 Å². The molecule has 7 nitrogen and oxygen atoms in total. The highest BCUT2D eigenvalue weighted by atomic mass is 16.5. The number of amides is 2. The summed E-state index contributed by atoms with van der Waals surface area (Å²) in [6.45, 7) is 5.92. The molecule has 0 unspecified atom stereocenters. The maximum Gasteiger partial charge on any atom is 0.337 e. The first kappa shape index (κ1) is 23.0. The maximum atomic E-state index is 12.9. The number of likely N-dealkylation sites (tertiary alicyclic amines) is 2. The minimum Gasteiger partial charge on any atom is -0.465 e. The lowest BCUT2D eigenvalue weighted by Gasteiger charge is -2.24. The molecule has 4 rings (SSSR count). The average Bonchev–Trinajstić information content (AvgIpc) is 3.40. The van der Waals surface area contributed by atoms with E-state index >= 15 is 0 Å². The molecular weight excluding hydrogens is 418 g/mol. The molecule has 7 heteroatoms. The molecule has 2 aliphatic heterocycles. The van der Waals surface area contributed by atoms with Crippen molar-refractivity contribution < 1.29 is 19.1 Å². The van der Waals surface area contributed by atoms with E-state index in [2.05, 4.69) is 22.3 Å². The molecule has 2 heterocycles. The van der Waals surface area contributed by atoms with Gasteiger partial charge < -0.3 is 19.9 Å². The van der Waals surface area contributed by atoms with E-state index in [4.69, 9.17) is 4.74 Å². The molecular formula is C26H31N3O4. The zero-order chi connectivity index (χ0) is 23.4. The summed E-state index contributed by atoms with van der Waals surface area (Å²) in [5.74, 6) is 0.536. The van der Waals surface area contributed by atoms with Gasteiger partial charge in [0, 0.05) is 45.2 Å². The lowest BCUT2D eigenvalue weighted by molar-refractivity contribution is -0.119. The Kier molecular flexibility index (Phi) is 7.08. The van der Waals surface area contributed by atoms with Crippen LogP contribution in [0.3, 0.4) is 0 Å². The third-order valence-electron chi connectivity index (χ3n) is 6.72. The van der Waals surface area contributed by atoms with E-state index in [1.807, 2.05) is 23.1 Å². The number of benzene rings is 2. The van der Waals surface area contributed by atoms with Crippen LogP contribution in [0.25, 0.3) is 0 Å². The first-order valence-corrected chi connectivity index (χ1v) is 11.5. The van der Waals surface area contributed by atoms with Crippen LogP contribution < -0.4 is 5.32 Å². The number of rotatable bonds is 7. The Morgan fingerprint density at radius 2 is 1.55 bits per heavy atom. The maximum absolute atomic E-state index is 12.9. The van der Waals surface area contributed by atoms with Gasteiger partial charge in [-0.2, -0.15) is 0 Å². The van der Waals surface area contributed by atoms with Gasteiger partial charge in [0.15, 0.2) is 0 Å². The molecule has 2 saturated heterocycles. The van der Waals surface area contributed by atoms with Crippen LogP contribution in [0.2, 0.25) is 0 Å². The van der Waals surface area contributed by atoms with Gasteiger partial charge in [-0.25, -0.2) is 4.79 Å². The van der Waals surface area contributed by atoms with Crippen molar-refractivity contribution in [1.82, 2.24) is 15.1 Å². The monoisotopic (exact) mass is 449 g/mol. The Labute approximate surface area is 194 Å². The molecule has 1 N–H and O–H groups in total. The van der Waals surface area contributed by atoms with E-state index in [0.29, 0.717) is 23.0 Å². The number of methoxy groups -OCH3 is 1. The quantitative estimate of drug-likeness (QED) is 0.658. The molecule has 2 aliphatic rings. The number of esters is 1. The van der Waals surface area contributed by atoms with Crippen molar-refractivity contribution in [2.45, 2.75) is 19.4 Å². The largest absolute Gasteiger partial charge is 0.465 e. The molecule has 0 aromatic heterocycles. The van der Waals surface area contributed by atoms with E-state index in [0.717, 1.165) is 44.7 Å². The molecule has 2 aromatic rings. The second kappa shape index (κ2) is 10.2. The molecule has 174 valence electrons. The van der Waals surface area contributed by atoms with Crippen molar-refractivity contribution in [2.24, 2.45) is 11.8 Å². The van der Waals surface area contributed by atoms with Crippen LogP contribution in [0.4, 0.5) is 0 Å². The molecule has 2 amide bonds. The second-order valence-electron chi connectivity index (χ2n) is 9.01. The smallest absolute Gasteiger partial charge is 0.337 e.